The van der Waals surface area contributed by atoms with Gasteiger partial charge in [0.2, 0.25) is 6.04 Å². The lowest BCUT2D eigenvalue weighted by molar-refractivity contribution is -0.530. The summed E-state index contributed by atoms with van der Waals surface area (Å²) >= 11 is 0. The Morgan fingerprint density at radius 1 is 1.50 bits per heavy atom. The van der Waals surface area contributed by atoms with Gasteiger partial charge in [0.25, 0.3) is 0 Å². The SMILES string of the molecule is O=[N+]([O-])C1CCCC2C=CNC21. The molecule has 0 radical (unpaired) electrons. The number of nitrogens with zero attached hydrogens (tertiary/aromatic N) is 1. The van der Waals surface area contributed by atoms with Crippen LogP contribution in [0, 0.1) is 16.0 Å². The maximum absolute atomic E-state index is 10.6. The van der Waals surface area contributed by atoms with Crippen molar-refractivity contribution in [1.82, 2.24) is 5.32 Å². The van der Waals surface area contributed by atoms with Gasteiger partial charge in [-0.25, -0.2) is 0 Å². The standard InChI is InChI=1S/C8H12N2O2/c11-10(12)7-3-1-2-6-4-5-9-8(6)7/h4-9H,1-3H2. The topological polar surface area (TPSA) is 55.2 Å². The van der Waals surface area contributed by atoms with Crippen molar-refractivity contribution in [3.8, 4) is 0 Å². The van der Waals surface area contributed by atoms with Gasteiger partial charge in [0, 0.05) is 17.3 Å². The van der Waals surface area contributed by atoms with Crippen molar-refractivity contribution in [2.75, 3.05) is 0 Å². The Morgan fingerprint density at radius 3 is 3.08 bits per heavy atom. The first-order chi connectivity index (χ1) is 5.79. The molecule has 0 aromatic heterocycles. The summed E-state index contributed by atoms with van der Waals surface area (Å²) in [5.41, 5.74) is 0. The first-order valence-corrected chi connectivity index (χ1v) is 4.35. The van der Waals surface area contributed by atoms with E-state index in [4.69, 9.17) is 0 Å². The second-order valence-corrected chi connectivity index (χ2v) is 3.50. The molecule has 0 amide bonds. The minimum Gasteiger partial charge on any atom is -0.381 e. The van der Waals surface area contributed by atoms with Gasteiger partial charge in [0.15, 0.2) is 0 Å². The van der Waals surface area contributed by atoms with Crippen molar-refractivity contribution in [3.05, 3.63) is 22.4 Å². The third-order valence-electron chi connectivity index (χ3n) is 2.82. The highest BCUT2D eigenvalue weighted by atomic mass is 16.6. The Labute approximate surface area is 70.8 Å². The molecule has 3 unspecified atom stereocenters. The molecule has 12 heavy (non-hydrogen) atoms. The van der Waals surface area contributed by atoms with Crippen molar-refractivity contribution in [3.63, 3.8) is 0 Å². The molecule has 1 heterocycles. The van der Waals surface area contributed by atoms with Gasteiger partial charge < -0.3 is 5.32 Å². The lowest BCUT2D eigenvalue weighted by Crippen LogP contribution is -2.46. The van der Waals surface area contributed by atoms with E-state index in [-0.39, 0.29) is 17.0 Å². The second kappa shape index (κ2) is 2.77. The molecule has 1 fully saturated rings. The number of rotatable bonds is 1. The zero-order valence-corrected chi connectivity index (χ0v) is 6.77. The van der Waals surface area contributed by atoms with E-state index >= 15 is 0 Å². The molecular weight excluding hydrogens is 156 g/mol. The second-order valence-electron chi connectivity index (χ2n) is 3.50. The highest BCUT2D eigenvalue weighted by Gasteiger charge is 2.40. The first kappa shape index (κ1) is 7.58. The quantitative estimate of drug-likeness (QED) is 0.468. The highest BCUT2D eigenvalue weighted by Crippen LogP contribution is 2.30. The molecule has 0 saturated heterocycles. The van der Waals surface area contributed by atoms with E-state index in [9.17, 15) is 10.1 Å². The molecule has 1 aliphatic heterocycles. The molecule has 0 bridgehead atoms. The maximum Gasteiger partial charge on any atom is 0.233 e. The maximum atomic E-state index is 10.6. The van der Waals surface area contributed by atoms with Crippen LogP contribution in [0.1, 0.15) is 19.3 Å². The smallest absolute Gasteiger partial charge is 0.233 e. The van der Waals surface area contributed by atoms with Gasteiger partial charge in [-0.15, -0.1) is 0 Å². The van der Waals surface area contributed by atoms with Crippen LogP contribution in [-0.2, 0) is 0 Å². The fourth-order valence-corrected chi connectivity index (χ4v) is 2.18. The van der Waals surface area contributed by atoms with Crippen molar-refractivity contribution < 1.29 is 4.92 Å². The Balaban J connectivity index is 2.11. The average molecular weight is 168 g/mol. The van der Waals surface area contributed by atoms with Gasteiger partial charge in [-0.05, 0) is 19.0 Å². The summed E-state index contributed by atoms with van der Waals surface area (Å²) in [5.74, 6) is 0.397. The summed E-state index contributed by atoms with van der Waals surface area (Å²) in [4.78, 5) is 10.5. The molecule has 2 rings (SSSR count). The summed E-state index contributed by atoms with van der Waals surface area (Å²) in [5, 5.41) is 13.7. The summed E-state index contributed by atoms with van der Waals surface area (Å²) in [7, 11) is 0. The van der Waals surface area contributed by atoms with Crippen LogP contribution in [0.15, 0.2) is 12.3 Å². The van der Waals surface area contributed by atoms with Crippen LogP contribution in [0.3, 0.4) is 0 Å². The molecule has 1 aliphatic carbocycles. The number of nitrogens with one attached hydrogen (secondary N) is 1. The van der Waals surface area contributed by atoms with E-state index in [2.05, 4.69) is 11.4 Å². The minimum absolute atomic E-state index is 0.0637. The van der Waals surface area contributed by atoms with Crippen LogP contribution >= 0.6 is 0 Å². The van der Waals surface area contributed by atoms with Gasteiger partial charge in [-0.3, -0.25) is 10.1 Å². The Hall–Kier alpha value is -1.06. The van der Waals surface area contributed by atoms with Crippen molar-refractivity contribution in [2.45, 2.75) is 31.3 Å². The van der Waals surface area contributed by atoms with Crippen LogP contribution < -0.4 is 5.32 Å². The van der Waals surface area contributed by atoms with Gasteiger partial charge in [0.1, 0.15) is 0 Å². The van der Waals surface area contributed by atoms with Crippen molar-refractivity contribution >= 4 is 0 Å². The highest BCUT2D eigenvalue weighted by molar-refractivity contribution is 5.06. The molecule has 0 aromatic rings. The Kier molecular flexibility index (Phi) is 1.75. The predicted molar refractivity (Wildman–Crippen MR) is 44.2 cm³/mol. The monoisotopic (exact) mass is 168 g/mol. The average Bonchev–Trinajstić information content (AvgIpc) is 2.49. The molecule has 0 aromatic carbocycles. The zero-order chi connectivity index (χ0) is 8.55. The molecule has 0 spiro atoms. The van der Waals surface area contributed by atoms with Gasteiger partial charge in [-0.2, -0.15) is 0 Å². The minimum atomic E-state index is -0.376. The van der Waals surface area contributed by atoms with E-state index in [1.807, 2.05) is 6.20 Å². The van der Waals surface area contributed by atoms with Crippen molar-refractivity contribution in [2.24, 2.45) is 5.92 Å². The Morgan fingerprint density at radius 2 is 2.33 bits per heavy atom. The number of hydrogen-bond acceptors (Lipinski definition) is 3. The molecule has 66 valence electrons. The molecule has 1 N–H and O–H groups in total. The van der Waals surface area contributed by atoms with E-state index in [0.717, 1.165) is 19.3 Å². The van der Waals surface area contributed by atoms with Crippen LogP contribution in [0.4, 0.5) is 0 Å². The van der Waals surface area contributed by atoms with Gasteiger partial charge >= 0.3 is 0 Å². The van der Waals surface area contributed by atoms with Crippen LogP contribution in [0.25, 0.3) is 0 Å². The van der Waals surface area contributed by atoms with Gasteiger partial charge in [-0.1, -0.05) is 6.08 Å². The Bertz CT molecular complexity index is 227. The zero-order valence-electron chi connectivity index (χ0n) is 6.77. The predicted octanol–water partition coefficient (Wildman–Crippen LogP) is 0.917. The molecule has 4 heteroatoms. The van der Waals surface area contributed by atoms with Crippen molar-refractivity contribution in [1.29, 1.82) is 0 Å². The number of fused-ring (bicyclic) bond motifs is 1. The van der Waals surface area contributed by atoms with Gasteiger partial charge in [0.05, 0.1) is 6.04 Å². The number of hydrogen-bond donors (Lipinski definition) is 1. The molecule has 2 aliphatic rings. The largest absolute Gasteiger partial charge is 0.381 e. The lowest BCUT2D eigenvalue weighted by atomic mass is 9.83. The fraction of sp³-hybridized carbons (Fsp3) is 0.750. The fourth-order valence-electron chi connectivity index (χ4n) is 2.18. The summed E-state index contributed by atoms with van der Waals surface area (Å²) in [6.07, 6.45) is 6.72. The molecule has 4 nitrogen and oxygen atoms in total. The first-order valence-electron chi connectivity index (χ1n) is 4.35. The third kappa shape index (κ3) is 1.07. The summed E-state index contributed by atoms with van der Waals surface area (Å²) in [6, 6.07) is -0.313. The van der Waals surface area contributed by atoms with E-state index < -0.39 is 0 Å². The number of nitro groups is 1. The van der Waals surface area contributed by atoms with E-state index in [1.54, 1.807) is 0 Å². The summed E-state index contributed by atoms with van der Waals surface area (Å²) < 4.78 is 0. The van der Waals surface area contributed by atoms with Crippen LogP contribution in [0.5, 0.6) is 0 Å². The molecule has 1 saturated carbocycles. The van der Waals surface area contributed by atoms with E-state index in [1.165, 1.54) is 0 Å². The normalized spacial score (nSPS) is 38.8. The lowest BCUT2D eigenvalue weighted by Gasteiger charge is -2.27. The third-order valence-corrected chi connectivity index (χ3v) is 2.82. The van der Waals surface area contributed by atoms with Crippen LogP contribution in [-0.4, -0.2) is 17.0 Å². The van der Waals surface area contributed by atoms with E-state index in [0.29, 0.717) is 5.92 Å². The molecule has 3 atom stereocenters. The summed E-state index contributed by atoms with van der Waals surface area (Å²) in [6.45, 7) is 0. The van der Waals surface area contributed by atoms with Crippen LogP contribution in [0.2, 0.25) is 0 Å². The molecular formula is C8H12N2O2.